The number of hydrogen-bond donors (Lipinski definition) is 1. The molecule has 0 fully saturated rings. The van der Waals surface area contributed by atoms with Crippen LogP contribution < -0.4 is 10.1 Å². The third kappa shape index (κ3) is 5.99. The second-order valence-corrected chi connectivity index (χ2v) is 7.38. The van der Waals surface area contributed by atoms with E-state index in [2.05, 4.69) is 10.4 Å². The zero-order valence-electron chi connectivity index (χ0n) is 16.9. The van der Waals surface area contributed by atoms with Gasteiger partial charge >= 0.3 is 6.03 Å². The van der Waals surface area contributed by atoms with Crippen LogP contribution in [0.1, 0.15) is 17.0 Å². The van der Waals surface area contributed by atoms with Gasteiger partial charge in [0, 0.05) is 23.5 Å². The molecule has 0 aliphatic heterocycles. The number of urea groups is 1. The molecule has 0 saturated carbocycles. The molecular formula is C22H25ClN4O2. The number of anilines is 1. The Morgan fingerprint density at radius 2 is 1.93 bits per heavy atom. The molecule has 0 bridgehead atoms. The highest BCUT2D eigenvalue weighted by molar-refractivity contribution is 6.30. The van der Waals surface area contributed by atoms with Gasteiger partial charge in [0.05, 0.1) is 18.8 Å². The van der Waals surface area contributed by atoms with Crippen LogP contribution in [-0.2, 0) is 6.54 Å². The summed E-state index contributed by atoms with van der Waals surface area (Å²) in [6.07, 6.45) is 0. The van der Waals surface area contributed by atoms with E-state index < -0.39 is 0 Å². The lowest BCUT2D eigenvalue weighted by Gasteiger charge is -2.18. The first-order chi connectivity index (χ1) is 13.9. The van der Waals surface area contributed by atoms with Gasteiger partial charge in [-0.15, -0.1) is 0 Å². The maximum Gasteiger partial charge on any atom is 0.321 e. The molecule has 0 spiro atoms. The summed E-state index contributed by atoms with van der Waals surface area (Å²) in [4.78, 5) is 14.0. The standard InChI is InChI=1S/C22H25ClN4O2/c1-16-13-17(2)27(25-16)15-18-5-4-6-20(14-18)24-22(28)26(3)11-12-29-21-9-7-19(23)8-10-21/h4-10,13-14H,11-12,15H2,1-3H3,(H,24,28). The van der Waals surface area contributed by atoms with Crippen molar-refractivity contribution in [1.29, 1.82) is 0 Å². The maximum absolute atomic E-state index is 12.5. The first-order valence-electron chi connectivity index (χ1n) is 9.41. The monoisotopic (exact) mass is 412 g/mol. The minimum atomic E-state index is -0.187. The molecule has 1 N–H and O–H groups in total. The third-order valence-corrected chi connectivity index (χ3v) is 4.72. The predicted molar refractivity (Wildman–Crippen MR) is 116 cm³/mol. The van der Waals surface area contributed by atoms with E-state index in [0.29, 0.717) is 24.7 Å². The zero-order valence-corrected chi connectivity index (χ0v) is 17.6. The second kappa shape index (κ2) is 9.47. The molecule has 7 heteroatoms. The largest absolute Gasteiger partial charge is 0.492 e. The lowest BCUT2D eigenvalue weighted by molar-refractivity contribution is 0.207. The van der Waals surface area contributed by atoms with E-state index in [9.17, 15) is 4.79 Å². The molecule has 1 aromatic heterocycles. The topological polar surface area (TPSA) is 59.4 Å². The van der Waals surface area contributed by atoms with Gasteiger partial charge in [-0.25, -0.2) is 4.79 Å². The Morgan fingerprint density at radius 3 is 2.62 bits per heavy atom. The van der Waals surface area contributed by atoms with Gasteiger partial charge in [0.25, 0.3) is 0 Å². The average molecular weight is 413 g/mol. The second-order valence-electron chi connectivity index (χ2n) is 6.94. The molecule has 152 valence electrons. The number of likely N-dealkylation sites (N-methyl/N-ethyl adjacent to an activating group) is 1. The van der Waals surface area contributed by atoms with Gasteiger partial charge in [-0.1, -0.05) is 23.7 Å². The number of carbonyl (C=O) groups excluding carboxylic acids is 1. The molecule has 0 aliphatic rings. The summed E-state index contributed by atoms with van der Waals surface area (Å²) in [6, 6.07) is 16.8. The van der Waals surface area contributed by atoms with Gasteiger partial charge in [-0.05, 0) is 61.9 Å². The molecule has 1 heterocycles. The van der Waals surface area contributed by atoms with Crippen molar-refractivity contribution >= 4 is 23.3 Å². The summed E-state index contributed by atoms with van der Waals surface area (Å²) in [5.41, 5.74) is 3.92. The first-order valence-corrected chi connectivity index (χ1v) is 9.79. The summed E-state index contributed by atoms with van der Waals surface area (Å²) in [7, 11) is 1.74. The van der Waals surface area contributed by atoms with E-state index in [1.807, 2.05) is 48.9 Å². The van der Waals surface area contributed by atoms with Crippen LogP contribution in [0.2, 0.25) is 5.02 Å². The van der Waals surface area contributed by atoms with E-state index in [0.717, 1.165) is 28.4 Å². The molecule has 0 unspecified atom stereocenters. The van der Waals surface area contributed by atoms with Gasteiger partial charge in [0.1, 0.15) is 12.4 Å². The van der Waals surface area contributed by atoms with Crippen LogP contribution in [0.15, 0.2) is 54.6 Å². The zero-order chi connectivity index (χ0) is 20.8. The highest BCUT2D eigenvalue weighted by Gasteiger charge is 2.10. The van der Waals surface area contributed by atoms with Crippen LogP contribution in [0.5, 0.6) is 5.75 Å². The Bertz CT molecular complexity index is 969. The Balaban J connectivity index is 1.51. The average Bonchev–Trinajstić information content (AvgIpc) is 3.00. The number of ether oxygens (including phenoxy) is 1. The van der Waals surface area contributed by atoms with Gasteiger partial charge in [-0.3, -0.25) is 4.68 Å². The van der Waals surface area contributed by atoms with Crippen molar-refractivity contribution < 1.29 is 9.53 Å². The third-order valence-electron chi connectivity index (χ3n) is 4.47. The summed E-state index contributed by atoms with van der Waals surface area (Å²) < 4.78 is 7.60. The Morgan fingerprint density at radius 1 is 1.17 bits per heavy atom. The Kier molecular flexibility index (Phi) is 6.77. The molecular weight excluding hydrogens is 388 g/mol. The Labute approximate surface area is 176 Å². The van der Waals surface area contributed by atoms with Crippen molar-refractivity contribution in [2.45, 2.75) is 20.4 Å². The molecule has 0 radical (unpaired) electrons. The number of nitrogens with zero attached hydrogens (tertiary/aromatic N) is 3. The van der Waals surface area contributed by atoms with Crippen molar-refractivity contribution in [2.75, 3.05) is 25.5 Å². The van der Waals surface area contributed by atoms with Crippen molar-refractivity contribution in [3.63, 3.8) is 0 Å². The van der Waals surface area contributed by atoms with E-state index in [1.54, 1.807) is 36.2 Å². The summed E-state index contributed by atoms with van der Waals surface area (Å²) in [5.74, 6) is 0.722. The number of aryl methyl sites for hydroxylation is 2. The van der Waals surface area contributed by atoms with Crippen molar-refractivity contribution in [3.8, 4) is 5.75 Å². The SMILES string of the molecule is Cc1cc(C)n(Cc2cccc(NC(=O)N(C)CCOc3ccc(Cl)cc3)c2)n1. The molecule has 29 heavy (non-hydrogen) atoms. The molecule has 6 nitrogen and oxygen atoms in total. The fraction of sp³-hybridized carbons (Fsp3) is 0.273. The molecule has 3 rings (SSSR count). The number of amides is 2. The number of aromatic nitrogens is 2. The van der Waals surface area contributed by atoms with Crippen molar-refractivity contribution in [2.24, 2.45) is 0 Å². The van der Waals surface area contributed by atoms with Crippen molar-refractivity contribution in [3.05, 3.63) is 76.6 Å². The fourth-order valence-electron chi connectivity index (χ4n) is 2.91. The van der Waals surface area contributed by atoms with E-state index in [-0.39, 0.29) is 6.03 Å². The minimum absolute atomic E-state index is 0.187. The van der Waals surface area contributed by atoms with E-state index in [1.165, 1.54) is 0 Å². The molecule has 3 aromatic rings. The maximum atomic E-state index is 12.5. The Hall–Kier alpha value is -2.99. The van der Waals surface area contributed by atoms with Gasteiger partial charge in [0.2, 0.25) is 0 Å². The van der Waals surface area contributed by atoms with Crippen LogP contribution in [0, 0.1) is 13.8 Å². The highest BCUT2D eigenvalue weighted by atomic mass is 35.5. The summed E-state index contributed by atoms with van der Waals surface area (Å²) >= 11 is 5.86. The van der Waals surface area contributed by atoms with Crippen LogP contribution >= 0.6 is 11.6 Å². The molecule has 2 amide bonds. The number of rotatable bonds is 7. The van der Waals surface area contributed by atoms with Gasteiger partial charge < -0.3 is 15.0 Å². The quantitative estimate of drug-likeness (QED) is 0.609. The predicted octanol–water partition coefficient (Wildman–Crippen LogP) is 4.74. The lowest BCUT2D eigenvalue weighted by atomic mass is 10.2. The van der Waals surface area contributed by atoms with Gasteiger partial charge in [0.15, 0.2) is 0 Å². The fourth-order valence-corrected chi connectivity index (χ4v) is 3.03. The molecule has 0 aliphatic carbocycles. The first kappa shape index (κ1) is 20.7. The smallest absolute Gasteiger partial charge is 0.321 e. The number of nitrogens with one attached hydrogen (secondary N) is 1. The molecule has 0 atom stereocenters. The normalized spacial score (nSPS) is 10.6. The van der Waals surface area contributed by atoms with Crippen molar-refractivity contribution in [1.82, 2.24) is 14.7 Å². The van der Waals surface area contributed by atoms with E-state index >= 15 is 0 Å². The number of halogens is 1. The lowest BCUT2D eigenvalue weighted by Crippen LogP contribution is -2.34. The number of benzene rings is 2. The van der Waals surface area contributed by atoms with E-state index in [4.69, 9.17) is 16.3 Å². The van der Waals surface area contributed by atoms with Crippen LogP contribution in [0.4, 0.5) is 10.5 Å². The number of hydrogen-bond acceptors (Lipinski definition) is 3. The number of carbonyl (C=O) groups is 1. The summed E-state index contributed by atoms with van der Waals surface area (Å²) in [5, 5.41) is 8.08. The van der Waals surface area contributed by atoms with Crippen LogP contribution in [-0.4, -0.2) is 40.9 Å². The molecule has 0 saturated heterocycles. The van der Waals surface area contributed by atoms with Gasteiger partial charge in [-0.2, -0.15) is 5.10 Å². The minimum Gasteiger partial charge on any atom is -0.492 e. The molecule has 2 aromatic carbocycles. The van der Waals surface area contributed by atoms with Crippen LogP contribution in [0.25, 0.3) is 0 Å². The summed E-state index contributed by atoms with van der Waals surface area (Å²) in [6.45, 7) is 5.52. The highest BCUT2D eigenvalue weighted by Crippen LogP contribution is 2.16. The van der Waals surface area contributed by atoms with Crippen LogP contribution in [0.3, 0.4) is 0 Å².